The molecule has 0 bridgehead atoms. The van der Waals surface area contributed by atoms with Crippen LogP contribution in [0.15, 0.2) is 42.5 Å². The molecule has 6 nitrogen and oxygen atoms in total. The second-order valence-electron chi connectivity index (χ2n) is 7.16. The van der Waals surface area contributed by atoms with Crippen LogP contribution < -0.4 is 0 Å². The molecule has 0 fully saturated rings. The molecule has 6 heteroatoms. The summed E-state index contributed by atoms with van der Waals surface area (Å²) in [6, 6.07) is 12.6. The summed E-state index contributed by atoms with van der Waals surface area (Å²) in [4.78, 5) is 35.5. The SMILES string of the molecule is Cc1nc2ccc(C(=O)N3CCc4ccccc4[C@@H]3CC(=O)O)cc2nc1C. The van der Waals surface area contributed by atoms with Crippen molar-refractivity contribution in [2.75, 3.05) is 6.54 Å². The van der Waals surface area contributed by atoms with Gasteiger partial charge in [-0.1, -0.05) is 24.3 Å². The quantitative estimate of drug-likeness (QED) is 0.758. The van der Waals surface area contributed by atoms with Crippen molar-refractivity contribution < 1.29 is 14.7 Å². The summed E-state index contributed by atoms with van der Waals surface area (Å²) in [7, 11) is 0. The Morgan fingerprint density at radius 3 is 2.54 bits per heavy atom. The molecular weight excluding hydrogens is 354 g/mol. The van der Waals surface area contributed by atoms with Gasteiger partial charge in [-0.25, -0.2) is 9.97 Å². The predicted octanol–water partition coefficient (Wildman–Crippen LogP) is 3.46. The van der Waals surface area contributed by atoms with E-state index in [2.05, 4.69) is 9.97 Å². The average molecular weight is 375 g/mol. The summed E-state index contributed by atoms with van der Waals surface area (Å²) in [5, 5.41) is 9.40. The summed E-state index contributed by atoms with van der Waals surface area (Å²) in [6.45, 7) is 4.29. The molecule has 1 amide bonds. The van der Waals surface area contributed by atoms with Crippen molar-refractivity contribution in [2.45, 2.75) is 32.7 Å². The van der Waals surface area contributed by atoms with Gasteiger partial charge in [-0.3, -0.25) is 9.59 Å². The molecule has 1 aromatic heterocycles. The number of hydrogen-bond donors (Lipinski definition) is 1. The number of carbonyl (C=O) groups excluding carboxylic acids is 1. The van der Waals surface area contributed by atoms with E-state index in [1.807, 2.05) is 38.1 Å². The topological polar surface area (TPSA) is 83.4 Å². The van der Waals surface area contributed by atoms with E-state index < -0.39 is 12.0 Å². The number of carbonyl (C=O) groups is 2. The number of carboxylic acids is 1. The van der Waals surface area contributed by atoms with Crippen molar-refractivity contribution in [1.82, 2.24) is 14.9 Å². The minimum Gasteiger partial charge on any atom is -0.481 e. The van der Waals surface area contributed by atoms with Crippen LogP contribution in [-0.2, 0) is 11.2 Å². The van der Waals surface area contributed by atoms with E-state index in [4.69, 9.17) is 0 Å². The molecule has 2 heterocycles. The van der Waals surface area contributed by atoms with E-state index in [1.165, 1.54) is 0 Å². The number of aliphatic carboxylic acids is 1. The molecule has 0 aliphatic carbocycles. The van der Waals surface area contributed by atoms with Crippen LogP contribution in [0.2, 0.25) is 0 Å². The molecule has 1 aliphatic heterocycles. The van der Waals surface area contributed by atoms with Crippen molar-refractivity contribution in [1.29, 1.82) is 0 Å². The highest BCUT2D eigenvalue weighted by Crippen LogP contribution is 2.33. The van der Waals surface area contributed by atoms with Crippen LogP contribution in [0.1, 0.15) is 45.3 Å². The Morgan fingerprint density at radius 1 is 1.07 bits per heavy atom. The lowest BCUT2D eigenvalue weighted by Crippen LogP contribution is -2.41. The lowest BCUT2D eigenvalue weighted by molar-refractivity contribution is -0.138. The van der Waals surface area contributed by atoms with Gasteiger partial charge in [0.2, 0.25) is 0 Å². The minimum atomic E-state index is -0.921. The number of carboxylic acid groups (broad SMARTS) is 1. The van der Waals surface area contributed by atoms with Crippen LogP contribution >= 0.6 is 0 Å². The van der Waals surface area contributed by atoms with Crippen LogP contribution in [0.3, 0.4) is 0 Å². The number of aryl methyl sites for hydroxylation is 2. The molecule has 4 rings (SSSR count). The van der Waals surface area contributed by atoms with Gasteiger partial charge in [0.25, 0.3) is 5.91 Å². The lowest BCUT2D eigenvalue weighted by Gasteiger charge is -2.36. The first-order valence-electron chi connectivity index (χ1n) is 9.29. The number of benzene rings is 2. The molecule has 0 radical (unpaired) electrons. The van der Waals surface area contributed by atoms with E-state index in [-0.39, 0.29) is 12.3 Å². The van der Waals surface area contributed by atoms with Crippen LogP contribution in [0.4, 0.5) is 0 Å². The first-order valence-corrected chi connectivity index (χ1v) is 9.29. The number of hydrogen-bond acceptors (Lipinski definition) is 4. The van der Waals surface area contributed by atoms with Gasteiger partial charge in [-0.05, 0) is 49.6 Å². The van der Waals surface area contributed by atoms with Crippen molar-refractivity contribution in [3.05, 3.63) is 70.5 Å². The molecule has 0 unspecified atom stereocenters. The molecule has 142 valence electrons. The number of amides is 1. The summed E-state index contributed by atoms with van der Waals surface area (Å²) >= 11 is 0. The third kappa shape index (κ3) is 3.22. The molecule has 1 atom stereocenters. The van der Waals surface area contributed by atoms with Crippen LogP contribution in [0.25, 0.3) is 11.0 Å². The third-order valence-corrected chi connectivity index (χ3v) is 5.36. The van der Waals surface area contributed by atoms with Gasteiger partial charge >= 0.3 is 5.97 Å². The van der Waals surface area contributed by atoms with Crippen molar-refractivity contribution in [3.8, 4) is 0 Å². The van der Waals surface area contributed by atoms with Gasteiger partial charge in [-0.2, -0.15) is 0 Å². The Labute approximate surface area is 162 Å². The molecule has 1 aliphatic rings. The van der Waals surface area contributed by atoms with Crippen LogP contribution in [-0.4, -0.2) is 38.4 Å². The second-order valence-corrected chi connectivity index (χ2v) is 7.16. The largest absolute Gasteiger partial charge is 0.481 e. The highest BCUT2D eigenvalue weighted by Gasteiger charge is 2.32. The number of rotatable bonds is 3. The van der Waals surface area contributed by atoms with Gasteiger partial charge in [0.05, 0.1) is 34.9 Å². The highest BCUT2D eigenvalue weighted by molar-refractivity contribution is 5.98. The third-order valence-electron chi connectivity index (χ3n) is 5.36. The molecule has 0 spiro atoms. The number of nitrogens with zero attached hydrogens (tertiary/aromatic N) is 3. The minimum absolute atomic E-state index is 0.117. The van der Waals surface area contributed by atoms with Crippen molar-refractivity contribution in [3.63, 3.8) is 0 Å². The van der Waals surface area contributed by atoms with Gasteiger partial charge in [0.15, 0.2) is 0 Å². The van der Waals surface area contributed by atoms with E-state index >= 15 is 0 Å². The van der Waals surface area contributed by atoms with Crippen molar-refractivity contribution >= 4 is 22.9 Å². The Hall–Kier alpha value is -3.28. The average Bonchev–Trinajstić information content (AvgIpc) is 2.68. The summed E-state index contributed by atoms with van der Waals surface area (Å²) < 4.78 is 0. The highest BCUT2D eigenvalue weighted by atomic mass is 16.4. The zero-order valence-electron chi connectivity index (χ0n) is 15.8. The summed E-state index contributed by atoms with van der Waals surface area (Å²) in [5.74, 6) is -1.10. The molecule has 28 heavy (non-hydrogen) atoms. The predicted molar refractivity (Wildman–Crippen MR) is 105 cm³/mol. The second kappa shape index (κ2) is 7.03. The summed E-state index contributed by atoms with van der Waals surface area (Å²) in [6.07, 6.45) is 0.595. The molecule has 0 saturated carbocycles. The molecule has 2 aromatic carbocycles. The first kappa shape index (κ1) is 18.1. The van der Waals surface area contributed by atoms with E-state index in [1.54, 1.807) is 23.1 Å². The Morgan fingerprint density at radius 2 is 1.79 bits per heavy atom. The maximum absolute atomic E-state index is 13.3. The normalized spacial score (nSPS) is 16.1. The van der Waals surface area contributed by atoms with Gasteiger partial charge in [0.1, 0.15) is 0 Å². The zero-order chi connectivity index (χ0) is 19.8. The Bertz CT molecular complexity index is 1090. The van der Waals surface area contributed by atoms with E-state index in [9.17, 15) is 14.7 Å². The Kier molecular flexibility index (Phi) is 4.55. The molecule has 3 aromatic rings. The number of aromatic nitrogens is 2. The lowest BCUT2D eigenvalue weighted by atomic mass is 9.90. The molecule has 0 saturated heterocycles. The van der Waals surface area contributed by atoms with Gasteiger partial charge in [-0.15, -0.1) is 0 Å². The zero-order valence-corrected chi connectivity index (χ0v) is 15.8. The van der Waals surface area contributed by atoms with E-state index in [0.717, 1.165) is 28.0 Å². The van der Waals surface area contributed by atoms with Gasteiger partial charge < -0.3 is 10.0 Å². The maximum atomic E-state index is 13.3. The standard InChI is InChI=1S/C22H21N3O3/c1-13-14(2)24-19-11-16(7-8-18(19)23-13)22(28)25-10-9-15-5-3-4-6-17(15)20(25)12-21(26)27/h3-8,11,20H,9-10,12H2,1-2H3,(H,26,27)/t20-/m0/s1. The first-order chi connectivity index (χ1) is 13.4. The monoisotopic (exact) mass is 375 g/mol. The molecule has 1 N–H and O–H groups in total. The number of fused-ring (bicyclic) bond motifs is 2. The fraction of sp³-hybridized carbons (Fsp3) is 0.273. The van der Waals surface area contributed by atoms with Crippen molar-refractivity contribution in [2.24, 2.45) is 0 Å². The fourth-order valence-electron chi connectivity index (χ4n) is 3.81. The van der Waals surface area contributed by atoms with Gasteiger partial charge in [0, 0.05) is 12.1 Å². The Balaban J connectivity index is 1.73. The fourth-order valence-corrected chi connectivity index (χ4v) is 3.81. The molecular formula is C22H21N3O3. The summed E-state index contributed by atoms with van der Waals surface area (Å²) in [5.41, 5.74) is 5.62. The maximum Gasteiger partial charge on any atom is 0.305 e. The van der Waals surface area contributed by atoms with E-state index in [0.29, 0.717) is 24.0 Å². The smallest absolute Gasteiger partial charge is 0.305 e. The van der Waals surface area contributed by atoms with Crippen LogP contribution in [0, 0.1) is 13.8 Å². The van der Waals surface area contributed by atoms with Crippen LogP contribution in [0.5, 0.6) is 0 Å².